The Morgan fingerprint density at radius 3 is 2.37 bits per heavy atom. The van der Waals surface area contributed by atoms with Gasteiger partial charge in [0.15, 0.2) is 0 Å². The summed E-state index contributed by atoms with van der Waals surface area (Å²) in [5, 5.41) is 3.31. The highest BCUT2D eigenvalue weighted by Crippen LogP contribution is 2.23. The number of nitrogens with zero attached hydrogens (tertiary/aromatic N) is 3. The number of esters is 1. The first-order chi connectivity index (χ1) is 20.1. The number of methoxy groups -OCH3 is 2. The molecule has 5 rings (SSSR count). The Balaban J connectivity index is 1.27. The molecule has 2 aromatic heterocycles. The molecule has 1 saturated heterocycles. The lowest BCUT2D eigenvalue weighted by atomic mass is 10.1. The largest absolute Gasteiger partial charge is 0.497 e. The standard InChI is InChI=1S/C33H32N4O4/c1-39-30-13-8-26(9-14-30)22-35-32-20-28(33(38)40-2)19-31(36-32)27-10-5-24(6-11-27)3-4-25-7-12-29(34-21-25)23-37-15-17-41-18-16-37/h5-14,19-21H,15-18,22-23H2,1-2H3,(H,35,36). The van der Waals surface area contributed by atoms with Gasteiger partial charge in [-0.2, -0.15) is 0 Å². The number of ether oxygens (including phenoxy) is 3. The summed E-state index contributed by atoms with van der Waals surface area (Å²) in [4.78, 5) is 24.0. The Bertz CT molecular complexity index is 1520. The third-order valence-corrected chi connectivity index (χ3v) is 6.73. The number of pyridine rings is 2. The molecule has 0 unspecified atom stereocenters. The zero-order valence-corrected chi connectivity index (χ0v) is 23.2. The van der Waals surface area contributed by atoms with Crippen LogP contribution in [0.25, 0.3) is 11.3 Å². The van der Waals surface area contributed by atoms with E-state index in [1.807, 2.05) is 66.9 Å². The van der Waals surface area contributed by atoms with Gasteiger partial charge in [-0.25, -0.2) is 9.78 Å². The van der Waals surface area contributed by atoms with Crippen molar-refractivity contribution in [2.45, 2.75) is 13.1 Å². The molecule has 0 amide bonds. The van der Waals surface area contributed by atoms with Crippen molar-refractivity contribution in [1.29, 1.82) is 0 Å². The summed E-state index contributed by atoms with van der Waals surface area (Å²) < 4.78 is 15.6. The van der Waals surface area contributed by atoms with Gasteiger partial charge in [0.25, 0.3) is 0 Å². The first-order valence-electron chi connectivity index (χ1n) is 13.4. The highest BCUT2D eigenvalue weighted by Gasteiger charge is 2.13. The summed E-state index contributed by atoms with van der Waals surface area (Å²) in [5.74, 6) is 7.34. The number of carbonyl (C=O) groups excluding carboxylic acids is 1. The molecule has 1 fully saturated rings. The molecule has 0 radical (unpaired) electrons. The van der Waals surface area contributed by atoms with Crippen LogP contribution in [0.15, 0.2) is 79.0 Å². The summed E-state index contributed by atoms with van der Waals surface area (Å²) in [6.07, 6.45) is 1.82. The topological polar surface area (TPSA) is 85.8 Å². The number of benzene rings is 2. The molecule has 0 atom stereocenters. The zero-order valence-electron chi connectivity index (χ0n) is 23.2. The van der Waals surface area contributed by atoms with Crippen LogP contribution in [0, 0.1) is 11.8 Å². The Hall–Kier alpha value is -4.71. The van der Waals surface area contributed by atoms with Crippen LogP contribution < -0.4 is 10.1 Å². The fourth-order valence-electron chi connectivity index (χ4n) is 4.39. The number of carbonyl (C=O) groups is 1. The van der Waals surface area contributed by atoms with Crippen molar-refractivity contribution in [3.63, 3.8) is 0 Å². The zero-order chi connectivity index (χ0) is 28.4. The fraction of sp³-hybridized carbons (Fsp3) is 0.242. The number of aromatic nitrogens is 2. The van der Waals surface area contributed by atoms with Crippen LogP contribution in [-0.2, 0) is 22.6 Å². The summed E-state index contributed by atoms with van der Waals surface area (Å²) in [6.45, 7) is 4.78. The molecule has 0 saturated carbocycles. The summed E-state index contributed by atoms with van der Waals surface area (Å²) in [6, 6.07) is 23.0. The van der Waals surface area contributed by atoms with E-state index in [0.29, 0.717) is 23.6 Å². The molecule has 3 heterocycles. The molecule has 0 bridgehead atoms. The molecular weight excluding hydrogens is 516 g/mol. The average Bonchev–Trinajstić information content (AvgIpc) is 3.04. The van der Waals surface area contributed by atoms with Gasteiger partial charge in [-0.3, -0.25) is 9.88 Å². The smallest absolute Gasteiger partial charge is 0.338 e. The first kappa shape index (κ1) is 27.8. The second-order valence-electron chi connectivity index (χ2n) is 9.57. The predicted octanol–water partition coefficient (Wildman–Crippen LogP) is 4.78. The Kier molecular flexibility index (Phi) is 9.22. The molecule has 1 aliphatic heterocycles. The second kappa shape index (κ2) is 13.6. The molecular formula is C33H32N4O4. The molecule has 2 aromatic carbocycles. The van der Waals surface area contributed by atoms with Crippen LogP contribution >= 0.6 is 0 Å². The van der Waals surface area contributed by atoms with Gasteiger partial charge in [0.1, 0.15) is 11.6 Å². The number of anilines is 1. The van der Waals surface area contributed by atoms with Gasteiger partial charge in [-0.1, -0.05) is 36.1 Å². The first-order valence-corrected chi connectivity index (χ1v) is 13.4. The number of morpholine rings is 1. The number of hydrogen-bond donors (Lipinski definition) is 1. The Morgan fingerprint density at radius 1 is 0.951 bits per heavy atom. The normalized spacial score (nSPS) is 13.1. The van der Waals surface area contributed by atoms with Crippen molar-refractivity contribution in [2.24, 2.45) is 0 Å². The van der Waals surface area contributed by atoms with Gasteiger partial charge in [0, 0.05) is 49.1 Å². The monoisotopic (exact) mass is 548 g/mol. The Labute approximate surface area is 240 Å². The van der Waals surface area contributed by atoms with E-state index in [1.54, 1.807) is 19.2 Å². The maximum Gasteiger partial charge on any atom is 0.338 e. The van der Waals surface area contributed by atoms with Crippen molar-refractivity contribution >= 4 is 11.8 Å². The summed E-state index contributed by atoms with van der Waals surface area (Å²) >= 11 is 0. The van der Waals surface area contributed by atoms with E-state index in [2.05, 4.69) is 27.0 Å². The predicted molar refractivity (Wildman–Crippen MR) is 158 cm³/mol. The van der Waals surface area contributed by atoms with E-state index in [1.165, 1.54) is 7.11 Å². The Morgan fingerprint density at radius 2 is 1.68 bits per heavy atom. The van der Waals surface area contributed by atoms with Crippen LogP contribution in [0.5, 0.6) is 5.75 Å². The van der Waals surface area contributed by atoms with E-state index < -0.39 is 5.97 Å². The van der Waals surface area contributed by atoms with Gasteiger partial charge < -0.3 is 19.5 Å². The van der Waals surface area contributed by atoms with E-state index in [9.17, 15) is 4.79 Å². The van der Waals surface area contributed by atoms with Crippen LogP contribution in [0.2, 0.25) is 0 Å². The fourth-order valence-corrected chi connectivity index (χ4v) is 4.39. The van der Waals surface area contributed by atoms with E-state index in [0.717, 1.165) is 66.5 Å². The molecule has 1 aliphatic rings. The van der Waals surface area contributed by atoms with Crippen LogP contribution in [0.3, 0.4) is 0 Å². The van der Waals surface area contributed by atoms with Crippen LogP contribution in [0.1, 0.15) is 32.7 Å². The molecule has 208 valence electrons. The van der Waals surface area contributed by atoms with Gasteiger partial charge in [-0.05, 0) is 54.1 Å². The minimum atomic E-state index is -0.423. The lowest BCUT2D eigenvalue weighted by molar-refractivity contribution is 0.0336. The molecule has 8 heteroatoms. The summed E-state index contributed by atoms with van der Waals surface area (Å²) in [5.41, 5.74) is 5.76. The molecule has 0 aliphatic carbocycles. The molecule has 1 N–H and O–H groups in total. The molecule has 41 heavy (non-hydrogen) atoms. The average molecular weight is 549 g/mol. The summed E-state index contributed by atoms with van der Waals surface area (Å²) in [7, 11) is 3.01. The van der Waals surface area contributed by atoms with Crippen LogP contribution in [-0.4, -0.2) is 61.4 Å². The lowest BCUT2D eigenvalue weighted by Gasteiger charge is -2.26. The highest BCUT2D eigenvalue weighted by molar-refractivity contribution is 5.91. The quantitative estimate of drug-likeness (QED) is 0.249. The van der Waals surface area contributed by atoms with Crippen LogP contribution in [0.4, 0.5) is 5.82 Å². The molecule has 4 aromatic rings. The third-order valence-electron chi connectivity index (χ3n) is 6.73. The molecule has 0 spiro atoms. The maximum absolute atomic E-state index is 12.4. The maximum atomic E-state index is 12.4. The molecule has 8 nitrogen and oxygen atoms in total. The number of rotatable bonds is 8. The van der Waals surface area contributed by atoms with E-state index >= 15 is 0 Å². The van der Waals surface area contributed by atoms with E-state index in [4.69, 9.17) is 19.2 Å². The van der Waals surface area contributed by atoms with Gasteiger partial charge in [-0.15, -0.1) is 0 Å². The minimum absolute atomic E-state index is 0.420. The van der Waals surface area contributed by atoms with Crippen molar-refractivity contribution < 1.29 is 19.0 Å². The lowest BCUT2D eigenvalue weighted by Crippen LogP contribution is -2.35. The van der Waals surface area contributed by atoms with Gasteiger partial charge >= 0.3 is 5.97 Å². The van der Waals surface area contributed by atoms with Gasteiger partial charge in [0.2, 0.25) is 0 Å². The number of hydrogen-bond acceptors (Lipinski definition) is 8. The third kappa shape index (κ3) is 7.70. The van der Waals surface area contributed by atoms with Crippen molar-refractivity contribution in [1.82, 2.24) is 14.9 Å². The van der Waals surface area contributed by atoms with Crippen molar-refractivity contribution in [3.8, 4) is 28.8 Å². The van der Waals surface area contributed by atoms with Crippen molar-refractivity contribution in [3.05, 3.63) is 107 Å². The second-order valence-corrected chi connectivity index (χ2v) is 9.57. The van der Waals surface area contributed by atoms with Crippen molar-refractivity contribution in [2.75, 3.05) is 45.8 Å². The SMILES string of the molecule is COC(=O)c1cc(NCc2ccc(OC)cc2)nc(-c2ccc(C#Cc3ccc(CN4CCOCC4)nc3)cc2)c1. The number of nitrogens with one attached hydrogen (secondary N) is 1. The van der Waals surface area contributed by atoms with Gasteiger partial charge in [0.05, 0.1) is 44.4 Å². The minimum Gasteiger partial charge on any atom is -0.497 e. The van der Waals surface area contributed by atoms with E-state index in [-0.39, 0.29) is 0 Å². The highest BCUT2D eigenvalue weighted by atomic mass is 16.5.